The quantitative estimate of drug-likeness (QED) is 0.724. The van der Waals surface area contributed by atoms with E-state index in [-0.39, 0.29) is 5.75 Å². The van der Waals surface area contributed by atoms with E-state index in [4.69, 9.17) is 0 Å². The summed E-state index contributed by atoms with van der Waals surface area (Å²) in [6, 6.07) is 1.72. The molecule has 1 heterocycles. The van der Waals surface area contributed by atoms with Gasteiger partial charge < -0.3 is 4.55 Å². The van der Waals surface area contributed by atoms with Crippen molar-refractivity contribution in [1.29, 1.82) is 0 Å². The molecule has 0 saturated heterocycles. The summed E-state index contributed by atoms with van der Waals surface area (Å²) in [6.45, 7) is 0. The van der Waals surface area contributed by atoms with Crippen molar-refractivity contribution in [2.45, 2.75) is 5.75 Å². The summed E-state index contributed by atoms with van der Waals surface area (Å²) in [5, 5.41) is 0. The van der Waals surface area contributed by atoms with Crippen LogP contribution in [0.2, 0.25) is 0 Å². The molecular formula is C6H5BrNO2S-. The summed E-state index contributed by atoms with van der Waals surface area (Å²) < 4.78 is 21.3. The fourth-order valence-electron chi connectivity index (χ4n) is 0.671. The third kappa shape index (κ3) is 3.09. The van der Waals surface area contributed by atoms with Crippen LogP contribution in [0.5, 0.6) is 0 Å². The molecule has 0 saturated carbocycles. The van der Waals surface area contributed by atoms with Crippen LogP contribution in [0.25, 0.3) is 0 Å². The lowest BCUT2D eigenvalue weighted by molar-refractivity contribution is 0.536. The Kier molecular flexibility index (Phi) is 3.16. The lowest BCUT2D eigenvalue weighted by Crippen LogP contribution is -1.93. The molecule has 0 spiro atoms. The highest BCUT2D eigenvalue weighted by atomic mass is 79.9. The molecule has 1 atom stereocenters. The second kappa shape index (κ2) is 3.94. The van der Waals surface area contributed by atoms with Gasteiger partial charge in [-0.25, -0.2) is 0 Å². The zero-order valence-electron chi connectivity index (χ0n) is 5.49. The van der Waals surface area contributed by atoms with E-state index in [0.29, 0.717) is 5.56 Å². The molecule has 0 aromatic carbocycles. The topological polar surface area (TPSA) is 53.0 Å². The van der Waals surface area contributed by atoms with Crippen molar-refractivity contribution < 1.29 is 8.76 Å². The van der Waals surface area contributed by atoms with Crippen molar-refractivity contribution in [2.24, 2.45) is 0 Å². The van der Waals surface area contributed by atoms with Gasteiger partial charge in [-0.3, -0.25) is 9.19 Å². The zero-order valence-corrected chi connectivity index (χ0v) is 7.89. The predicted octanol–water partition coefficient (Wildman–Crippen LogP) is 1.22. The first-order valence-corrected chi connectivity index (χ1v) is 4.87. The largest absolute Gasteiger partial charge is 0.772 e. The van der Waals surface area contributed by atoms with Gasteiger partial charge in [0, 0.05) is 22.6 Å². The molecule has 11 heavy (non-hydrogen) atoms. The van der Waals surface area contributed by atoms with Crippen molar-refractivity contribution in [3.63, 3.8) is 0 Å². The lowest BCUT2D eigenvalue weighted by atomic mass is 10.3. The minimum Gasteiger partial charge on any atom is -0.772 e. The Labute approximate surface area is 75.3 Å². The molecule has 0 amide bonds. The summed E-state index contributed by atoms with van der Waals surface area (Å²) >= 11 is 1.15. The molecule has 0 radical (unpaired) electrons. The van der Waals surface area contributed by atoms with Crippen molar-refractivity contribution in [1.82, 2.24) is 4.98 Å². The number of aromatic nitrogens is 1. The van der Waals surface area contributed by atoms with Gasteiger partial charge in [0.2, 0.25) is 0 Å². The van der Waals surface area contributed by atoms with Gasteiger partial charge in [-0.15, -0.1) is 0 Å². The molecule has 1 aromatic rings. The molecule has 0 fully saturated rings. The molecule has 0 N–H and O–H groups in total. The first kappa shape index (κ1) is 8.83. The Morgan fingerprint density at radius 3 is 2.91 bits per heavy atom. The van der Waals surface area contributed by atoms with Crippen LogP contribution in [0.15, 0.2) is 22.9 Å². The highest BCUT2D eigenvalue weighted by Gasteiger charge is 1.93. The Hall–Kier alpha value is -0.260. The van der Waals surface area contributed by atoms with Crippen LogP contribution in [0.4, 0.5) is 0 Å². The number of hydrogen-bond donors (Lipinski definition) is 0. The SMILES string of the molecule is O=S([O-])Cc1cncc(Br)c1. The Morgan fingerprint density at radius 1 is 1.64 bits per heavy atom. The average Bonchev–Trinajstić information content (AvgIpc) is 1.85. The van der Waals surface area contributed by atoms with Gasteiger partial charge in [-0.2, -0.15) is 0 Å². The molecule has 5 heteroatoms. The van der Waals surface area contributed by atoms with Gasteiger partial charge in [-0.05, 0) is 27.6 Å². The van der Waals surface area contributed by atoms with Gasteiger partial charge in [0.15, 0.2) is 0 Å². The van der Waals surface area contributed by atoms with Crippen LogP contribution in [0.1, 0.15) is 5.56 Å². The minimum atomic E-state index is -2.04. The smallest absolute Gasteiger partial charge is 0.0410 e. The van der Waals surface area contributed by atoms with Crippen LogP contribution in [-0.2, 0) is 16.8 Å². The standard InChI is InChI=1S/C6H6BrNO2S/c7-6-1-5(2-8-3-6)4-11(9)10/h1-3H,4H2,(H,9,10)/p-1. The summed E-state index contributed by atoms with van der Waals surface area (Å²) in [5.74, 6) is 0.0203. The fourth-order valence-corrected chi connectivity index (χ4v) is 1.51. The molecule has 0 aliphatic carbocycles. The second-order valence-electron chi connectivity index (χ2n) is 1.96. The van der Waals surface area contributed by atoms with Crippen LogP contribution < -0.4 is 0 Å². The number of hydrogen-bond acceptors (Lipinski definition) is 3. The van der Waals surface area contributed by atoms with E-state index in [1.807, 2.05) is 0 Å². The van der Waals surface area contributed by atoms with E-state index in [0.717, 1.165) is 4.47 Å². The van der Waals surface area contributed by atoms with Gasteiger partial charge in [0.05, 0.1) is 0 Å². The summed E-state index contributed by atoms with van der Waals surface area (Å²) in [5.41, 5.74) is 0.688. The molecule has 3 nitrogen and oxygen atoms in total. The molecule has 1 rings (SSSR count). The Morgan fingerprint density at radius 2 is 2.36 bits per heavy atom. The van der Waals surface area contributed by atoms with Crippen LogP contribution in [0.3, 0.4) is 0 Å². The van der Waals surface area contributed by atoms with Crippen molar-refractivity contribution in [3.05, 3.63) is 28.5 Å². The zero-order chi connectivity index (χ0) is 8.27. The van der Waals surface area contributed by atoms with Crippen LogP contribution >= 0.6 is 15.9 Å². The van der Waals surface area contributed by atoms with E-state index in [1.165, 1.54) is 6.20 Å². The van der Waals surface area contributed by atoms with Crippen molar-refractivity contribution >= 4 is 27.0 Å². The van der Waals surface area contributed by atoms with Crippen LogP contribution in [0, 0.1) is 0 Å². The third-order valence-electron chi connectivity index (χ3n) is 1.05. The molecule has 0 aliphatic heterocycles. The van der Waals surface area contributed by atoms with E-state index >= 15 is 0 Å². The molecule has 1 aromatic heterocycles. The molecule has 0 bridgehead atoms. The maximum Gasteiger partial charge on any atom is 0.0410 e. The van der Waals surface area contributed by atoms with Gasteiger partial charge >= 0.3 is 0 Å². The average molecular weight is 235 g/mol. The minimum absolute atomic E-state index is 0.0203. The number of halogens is 1. The lowest BCUT2D eigenvalue weighted by Gasteiger charge is -2.03. The van der Waals surface area contributed by atoms with Gasteiger partial charge in [0.1, 0.15) is 0 Å². The molecular weight excluding hydrogens is 230 g/mol. The summed E-state index contributed by atoms with van der Waals surface area (Å²) in [7, 11) is 0. The Bertz CT molecular complexity index is 279. The molecule has 60 valence electrons. The van der Waals surface area contributed by atoms with E-state index in [9.17, 15) is 8.76 Å². The van der Waals surface area contributed by atoms with E-state index in [2.05, 4.69) is 20.9 Å². The second-order valence-corrected chi connectivity index (χ2v) is 3.77. The van der Waals surface area contributed by atoms with Crippen molar-refractivity contribution in [2.75, 3.05) is 0 Å². The van der Waals surface area contributed by atoms with E-state index < -0.39 is 11.1 Å². The number of rotatable bonds is 2. The van der Waals surface area contributed by atoms with Gasteiger partial charge in [-0.1, -0.05) is 11.1 Å². The van der Waals surface area contributed by atoms with Gasteiger partial charge in [0.25, 0.3) is 0 Å². The van der Waals surface area contributed by atoms with Crippen molar-refractivity contribution in [3.8, 4) is 0 Å². The summed E-state index contributed by atoms with van der Waals surface area (Å²) in [4.78, 5) is 3.82. The van der Waals surface area contributed by atoms with Crippen LogP contribution in [-0.4, -0.2) is 13.7 Å². The molecule has 0 aliphatic rings. The maximum atomic E-state index is 10.2. The normalized spacial score (nSPS) is 12.9. The number of nitrogens with zero attached hydrogens (tertiary/aromatic N) is 1. The predicted molar refractivity (Wildman–Crippen MR) is 44.6 cm³/mol. The molecule has 1 unspecified atom stereocenters. The summed E-state index contributed by atoms with van der Waals surface area (Å²) in [6.07, 6.45) is 3.14. The third-order valence-corrected chi connectivity index (χ3v) is 2.05. The fraction of sp³-hybridized carbons (Fsp3) is 0.167. The van der Waals surface area contributed by atoms with E-state index in [1.54, 1.807) is 12.3 Å². The first-order valence-electron chi connectivity index (χ1n) is 2.84. The maximum absolute atomic E-state index is 10.2. The monoisotopic (exact) mass is 234 g/mol. The highest BCUT2D eigenvalue weighted by Crippen LogP contribution is 2.10. The Balaban J connectivity index is 2.79. The highest BCUT2D eigenvalue weighted by molar-refractivity contribution is 9.10. The first-order chi connectivity index (χ1) is 5.18. The number of pyridine rings is 1.